The number of benzene rings is 1. The van der Waals surface area contributed by atoms with Crippen LogP contribution in [-0.4, -0.2) is 17.1 Å². The number of carboxylic acids is 1. The van der Waals surface area contributed by atoms with Crippen molar-refractivity contribution < 1.29 is 9.90 Å². The SMILES string of the molecule is Cc1ccc(NC2CC(C)C2)c(C(=O)O)c1. The van der Waals surface area contributed by atoms with Crippen LogP contribution in [-0.2, 0) is 0 Å². The molecule has 1 aliphatic carbocycles. The normalized spacial score (nSPS) is 23.6. The Morgan fingerprint density at radius 3 is 2.69 bits per heavy atom. The Morgan fingerprint density at radius 2 is 2.12 bits per heavy atom. The van der Waals surface area contributed by atoms with Crippen molar-refractivity contribution in [2.75, 3.05) is 5.32 Å². The van der Waals surface area contributed by atoms with Crippen molar-refractivity contribution in [3.8, 4) is 0 Å². The molecule has 1 aromatic rings. The highest BCUT2D eigenvalue weighted by atomic mass is 16.4. The van der Waals surface area contributed by atoms with Crippen molar-refractivity contribution in [2.45, 2.75) is 32.7 Å². The molecule has 0 unspecified atom stereocenters. The third-order valence-electron chi connectivity index (χ3n) is 3.14. The lowest BCUT2D eigenvalue weighted by Gasteiger charge is -2.34. The molecule has 0 heterocycles. The topological polar surface area (TPSA) is 49.3 Å². The summed E-state index contributed by atoms with van der Waals surface area (Å²) in [5.74, 6) is -0.102. The molecule has 0 bridgehead atoms. The molecule has 16 heavy (non-hydrogen) atoms. The molecule has 0 spiro atoms. The van der Waals surface area contributed by atoms with Gasteiger partial charge in [-0.1, -0.05) is 18.6 Å². The first-order valence-corrected chi connectivity index (χ1v) is 5.66. The molecule has 0 atom stereocenters. The van der Waals surface area contributed by atoms with E-state index in [0.717, 1.165) is 30.0 Å². The molecule has 1 fully saturated rings. The Labute approximate surface area is 95.5 Å². The van der Waals surface area contributed by atoms with E-state index in [2.05, 4.69) is 12.2 Å². The Kier molecular flexibility index (Phi) is 2.86. The maximum absolute atomic E-state index is 11.1. The van der Waals surface area contributed by atoms with Gasteiger partial charge >= 0.3 is 5.97 Å². The molecule has 0 radical (unpaired) electrons. The molecule has 0 amide bonds. The van der Waals surface area contributed by atoms with Gasteiger partial charge in [0, 0.05) is 11.7 Å². The second kappa shape index (κ2) is 4.16. The lowest BCUT2D eigenvalue weighted by atomic mass is 9.81. The van der Waals surface area contributed by atoms with Crippen LogP contribution >= 0.6 is 0 Å². The van der Waals surface area contributed by atoms with Crippen molar-refractivity contribution in [3.05, 3.63) is 29.3 Å². The van der Waals surface area contributed by atoms with Gasteiger partial charge in [-0.15, -0.1) is 0 Å². The van der Waals surface area contributed by atoms with E-state index in [0.29, 0.717) is 11.6 Å². The smallest absolute Gasteiger partial charge is 0.337 e. The number of aromatic carboxylic acids is 1. The average molecular weight is 219 g/mol. The van der Waals surface area contributed by atoms with E-state index >= 15 is 0 Å². The Bertz CT molecular complexity index is 408. The van der Waals surface area contributed by atoms with Gasteiger partial charge in [0.05, 0.1) is 5.56 Å². The quantitative estimate of drug-likeness (QED) is 0.821. The Morgan fingerprint density at radius 1 is 1.44 bits per heavy atom. The maximum Gasteiger partial charge on any atom is 0.337 e. The highest BCUT2D eigenvalue weighted by Crippen LogP contribution is 2.30. The predicted octanol–water partition coefficient (Wildman–Crippen LogP) is 2.90. The molecule has 0 saturated heterocycles. The molecular formula is C13H17NO2. The summed E-state index contributed by atoms with van der Waals surface area (Å²) in [6.45, 7) is 4.12. The van der Waals surface area contributed by atoms with Gasteiger partial charge < -0.3 is 10.4 Å². The van der Waals surface area contributed by atoms with Crippen LogP contribution in [0.4, 0.5) is 5.69 Å². The zero-order valence-electron chi connectivity index (χ0n) is 9.66. The van der Waals surface area contributed by atoms with Crippen LogP contribution in [0.1, 0.15) is 35.7 Å². The van der Waals surface area contributed by atoms with Crippen LogP contribution in [0.25, 0.3) is 0 Å². The molecule has 1 aromatic carbocycles. The van der Waals surface area contributed by atoms with Crippen LogP contribution in [0, 0.1) is 12.8 Å². The van der Waals surface area contributed by atoms with Crippen molar-refractivity contribution in [1.82, 2.24) is 0 Å². The monoisotopic (exact) mass is 219 g/mol. The standard InChI is InChI=1S/C13H17NO2/c1-8-3-4-12(11(7-8)13(15)16)14-10-5-9(2)6-10/h3-4,7,9-10,14H,5-6H2,1-2H3,(H,15,16). The first-order chi connectivity index (χ1) is 7.56. The predicted molar refractivity (Wildman–Crippen MR) is 63.9 cm³/mol. The lowest BCUT2D eigenvalue weighted by Crippen LogP contribution is -2.34. The molecule has 2 N–H and O–H groups in total. The van der Waals surface area contributed by atoms with Crippen molar-refractivity contribution in [3.63, 3.8) is 0 Å². The zero-order chi connectivity index (χ0) is 11.7. The van der Waals surface area contributed by atoms with E-state index in [4.69, 9.17) is 5.11 Å². The van der Waals surface area contributed by atoms with Gasteiger partial charge in [-0.3, -0.25) is 0 Å². The second-order valence-electron chi connectivity index (χ2n) is 4.77. The Balaban J connectivity index is 2.16. The van der Waals surface area contributed by atoms with Gasteiger partial charge in [0.1, 0.15) is 0 Å². The summed E-state index contributed by atoms with van der Waals surface area (Å²) in [5.41, 5.74) is 2.10. The van der Waals surface area contributed by atoms with Crippen molar-refractivity contribution >= 4 is 11.7 Å². The summed E-state index contributed by atoms with van der Waals surface area (Å²) in [7, 11) is 0. The van der Waals surface area contributed by atoms with Crippen LogP contribution in [0.15, 0.2) is 18.2 Å². The first-order valence-electron chi connectivity index (χ1n) is 5.66. The van der Waals surface area contributed by atoms with Gasteiger partial charge in [-0.2, -0.15) is 0 Å². The van der Waals surface area contributed by atoms with Gasteiger partial charge in [0.25, 0.3) is 0 Å². The highest BCUT2D eigenvalue weighted by molar-refractivity contribution is 5.94. The molecule has 3 nitrogen and oxygen atoms in total. The minimum Gasteiger partial charge on any atom is -0.478 e. The van der Waals surface area contributed by atoms with E-state index in [1.54, 1.807) is 6.07 Å². The largest absolute Gasteiger partial charge is 0.478 e. The van der Waals surface area contributed by atoms with Crippen molar-refractivity contribution in [1.29, 1.82) is 0 Å². The van der Waals surface area contributed by atoms with Crippen LogP contribution in [0.5, 0.6) is 0 Å². The van der Waals surface area contributed by atoms with Crippen molar-refractivity contribution in [2.24, 2.45) is 5.92 Å². The average Bonchev–Trinajstić information content (AvgIpc) is 2.17. The number of anilines is 1. The fourth-order valence-corrected chi connectivity index (χ4v) is 2.20. The minimum absolute atomic E-state index is 0.375. The molecule has 0 aliphatic heterocycles. The summed E-state index contributed by atoms with van der Waals surface area (Å²) in [4.78, 5) is 11.1. The first kappa shape index (κ1) is 11.0. The zero-order valence-corrected chi connectivity index (χ0v) is 9.66. The number of carbonyl (C=O) groups is 1. The number of nitrogens with one attached hydrogen (secondary N) is 1. The third kappa shape index (κ3) is 2.18. The number of hydrogen-bond acceptors (Lipinski definition) is 2. The van der Waals surface area contributed by atoms with Gasteiger partial charge in [0.2, 0.25) is 0 Å². The maximum atomic E-state index is 11.1. The number of aryl methyl sites for hydroxylation is 1. The van der Waals surface area contributed by atoms with E-state index in [1.165, 1.54) is 0 Å². The fraction of sp³-hybridized carbons (Fsp3) is 0.462. The summed E-state index contributed by atoms with van der Waals surface area (Å²) >= 11 is 0. The van der Waals surface area contributed by atoms with E-state index in [-0.39, 0.29) is 0 Å². The van der Waals surface area contributed by atoms with Gasteiger partial charge in [-0.05, 0) is 37.8 Å². The molecule has 1 aliphatic rings. The van der Waals surface area contributed by atoms with Crippen LogP contribution < -0.4 is 5.32 Å². The summed E-state index contributed by atoms with van der Waals surface area (Å²) in [6.07, 6.45) is 2.26. The second-order valence-corrected chi connectivity index (χ2v) is 4.77. The molecular weight excluding hydrogens is 202 g/mol. The van der Waals surface area contributed by atoms with E-state index in [9.17, 15) is 4.79 Å². The number of rotatable bonds is 3. The third-order valence-corrected chi connectivity index (χ3v) is 3.14. The number of hydrogen-bond donors (Lipinski definition) is 2. The number of carboxylic acid groups (broad SMARTS) is 1. The van der Waals surface area contributed by atoms with Crippen LogP contribution in [0.2, 0.25) is 0 Å². The minimum atomic E-state index is -0.862. The molecule has 86 valence electrons. The summed E-state index contributed by atoms with van der Waals surface area (Å²) in [5, 5.41) is 12.4. The molecule has 1 saturated carbocycles. The fourth-order valence-electron chi connectivity index (χ4n) is 2.20. The van der Waals surface area contributed by atoms with Gasteiger partial charge in [-0.25, -0.2) is 4.79 Å². The van der Waals surface area contributed by atoms with E-state index in [1.807, 2.05) is 19.1 Å². The van der Waals surface area contributed by atoms with Gasteiger partial charge in [0.15, 0.2) is 0 Å². The Hall–Kier alpha value is -1.51. The molecule has 0 aromatic heterocycles. The summed E-state index contributed by atoms with van der Waals surface area (Å²) in [6, 6.07) is 5.96. The highest BCUT2D eigenvalue weighted by Gasteiger charge is 2.26. The lowest BCUT2D eigenvalue weighted by molar-refractivity contribution is 0.0697. The van der Waals surface area contributed by atoms with E-state index < -0.39 is 5.97 Å². The summed E-state index contributed by atoms with van der Waals surface area (Å²) < 4.78 is 0. The molecule has 2 rings (SSSR count). The van der Waals surface area contributed by atoms with Crippen LogP contribution in [0.3, 0.4) is 0 Å². The molecule has 3 heteroatoms.